The Morgan fingerprint density at radius 2 is 1.92 bits per heavy atom. The van der Waals surface area contributed by atoms with Crippen LogP contribution in [0.15, 0.2) is 47.1 Å². The van der Waals surface area contributed by atoms with Crippen molar-refractivity contribution in [1.29, 1.82) is 0 Å². The van der Waals surface area contributed by atoms with Crippen LogP contribution in [0.2, 0.25) is 0 Å². The van der Waals surface area contributed by atoms with Crippen molar-refractivity contribution in [2.24, 2.45) is 0 Å². The predicted molar refractivity (Wildman–Crippen MR) is 87.5 cm³/mol. The highest BCUT2D eigenvalue weighted by Gasteiger charge is 2.33. The van der Waals surface area contributed by atoms with Gasteiger partial charge in [0.05, 0.1) is 19.4 Å². The number of hydrogen-bond acceptors (Lipinski definition) is 3. The van der Waals surface area contributed by atoms with Crippen LogP contribution in [0.5, 0.6) is 0 Å². The monoisotopic (exact) mass is 372 g/mol. The molecule has 0 aliphatic heterocycles. The summed E-state index contributed by atoms with van der Waals surface area (Å²) in [5.41, 5.74) is 0.646. The van der Waals surface area contributed by atoms with Crippen molar-refractivity contribution in [3.8, 4) is 0 Å². The largest absolute Gasteiger partial charge is 0.467 e. The predicted octanol–water partition coefficient (Wildman–Crippen LogP) is 3.83. The van der Waals surface area contributed by atoms with Gasteiger partial charge < -0.3 is 9.32 Å². The molecule has 0 bridgehead atoms. The molecule has 0 saturated heterocycles. The van der Waals surface area contributed by atoms with E-state index in [9.17, 15) is 22.4 Å². The first kappa shape index (κ1) is 20.0. The van der Waals surface area contributed by atoms with E-state index in [-0.39, 0.29) is 25.4 Å². The molecule has 4 nitrogen and oxygen atoms in total. The summed E-state index contributed by atoms with van der Waals surface area (Å²) >= 11 is 0. The number of hydrogen-bond donors (Lipinski definition) is 0. The fourth-order valence-electron chi connectivity index (χ4n) is 2.50. The molecule has 0 aliphatic carbocycles. The first-order valence-corrected chi connectivity index (χ1v) is 8.10. The van der Waals surface area contributed by atoms with Gasteiger partial charge in [-0.3, -0.25) is 9.69 Å². The summed E-state index contributed by atoms with van der Waals surface area (Å²) < 4.78 is 56.8. The first-order valence-electron chi connectivity index (χ1n) is 8.10. The van der Waals surface area contributed by atoms with Gasteiger partial charge in [0.1, 0.15) is 18.1 Å². The number of alkyl halides is 3. The third-order valence-corrected chi connectivity index (χ3v) is 3.75. The van der Waals surface area contributed by atoms with Crippen LogP contribution in [-0.4, -0.2) is 41.5 Å². The van der Waals surface area contributed by atoms with Gasteiger partial charge in [0.15, 0.2) is 0 Å². The lowest BCUT2D eigenvalue weighted by atomic mass is 10.2. The van der Waals surface area contributed by atoms with Gasteiger partial charge in [0, 0.05) is 6.54 Å². The Labute approximate surface area is 149 Å². The van der Waals surface area contributed by atoms with Crippen molar-refractivity contribution in [3.63, 3.8) is 0 Å². The van der Waals surface area contributed by atoms with Crippen LogP contribution in [0.1, 0.15) is 18.2 Å². The zero-order chi connectivity index (χ0) is 19.2. The summed E-state index contributed by atoms with van der Waals surface area (Å²) in [4.78, 5) is 14.8. The molecule has 0 atom stereocenters. The molecule has 0 spiro atoms. The topological polar surface area (TPSA) is 36.7 Å². The van der Waals surface area contributed by atoms with Gasteiger partial charge in [-0.1, -0.05) is 19.1 Å². The maximum Gasteiger partial charge on any atom is 0.406 e. The minimum atomic E-state index is -4.51. The van der Waals surface area contributed by atoms with Crippen LogP contribution in [0.4, 0.5) is 17.6 Å². The zero-order valence-corrected chi connectivity index (χ0v) is 14.3. The molecule has 26 heavy (non-hydrogen) atoms. The van der Waals surface area contributed by atoms with E-state index in [1.165, 1.54) is 24.5 Å². The Bertz CT molecular complexity index is 701. The van der Waals surface area contributed by atoms with Crippen LogP contribution in [-0.2, 0) is 17.9 Å². The fourth-order valence-corrected chi connectivity index (χ4v) is 2.50. The van der Waals surface area contributed by atoms with Crippen LogP contribution in [0, 0.1) is 5.82 Å². The summed E-state index contributed by atoms with van der Waals surface area (Å²) in [6, 6.07) is 8.96. The molecule has 2 rings (SSSR count). The fraction of sp³-hybridized carbons (Fsp3) is 0.389. The average Bonchev–Trinajstić information content (AvgIpc) is 3.05. The highest BCUT2D eigenvalue weighted by molar-refractivity contribution is 5.78. The lowest BCUT2D eigenvalue weighted by Crippen LogP contribution is -2.43. The second-order valence-electron chi connectivity index (χ2n) is 5.88. The molecular weight excluding hydrogens is 352 g/mol. The van der Waals surface area contributed by atoms with Gasteiger partial charge in [0.25, 0.3) is 0 Å². The molecule has 0 fully saturated rings. The highest BCUT2D eigenvalue weighted by Crippen LogP contribution is 2.19. The number of carbonyl (C=O) groups excluding carboxylic acids is 1. The molecule has 1 amide bonds. The normalized spacial score (nSPS) is 11.8. The standard InChI is InChI=1S/C18H20F4N2O2/c1-2-23(10-14-5-3-6-15(19)9-14)12-17(25)24(13-18(20,21)22)11-16-7-4-8-26-16/h3-9H,2,10-13H2,1H3. The SMILES string of the molecule is CCN(CC(=O)N(Cc1ccco1)CC(F)(F)F)Cc1cccc(F)c1. The van der Waals surface area contributed by atoms with Crippen molar-refractivity contribution in [2.75, 3.05) is 19.6 Å². The molecular formula is C18H20F4N2O2. The summed E-state index contributed by atoms with van der Waals surface area (Å²) in [6.45, 7) is 0.660. The average molecular weight is 372 g/mol. The number of furan rings is 1. The molecule has 0 N–H and O–H groups in total. The van der Waals surface area contributed by atoms with Gasteiger partial charge in [0.2, 0.25) is 5.91 Å². The molecule has 1 aromatic carbocycles. The number of benzene rings is 1. The smallest absolute Gasteiger partial charge is 0.406 e. The second-order valence-corrected chi connectivity index (χ2v) is 5.88. The Kier molecular flexibility index (Phi) is 6.79. The Hall–Kier alpha value is -2.35. The van der Waals surface area contributed by atoms with Crippen molar-refractivity contribution >= 4 is 5.91 Å². The van der Waals surface area contributed by atoms with Crippen molar-refractivity contribution in [2.45, 2.75) is 26.2 Å². The number of halogens is 4. The molecule has 1 aromatic heterocycles. The Balaban J connectivity index is 2.05. The number of amides is 1. The summed E-state index contributed by atoms with van der Waals surface area (Å²) in [5, 5.41) is 0. The zero-order valence-electron chi connectivity index (χ0n) is 14.3. The number of nitrogens with zero attached hydrogens (tertiary/aromatic N) is 2. The van der Waals surface area contributed by atoms with E-state index in [1.807, 2.05) is 0 Å². The quantitative estimate of drug-likeness (QED) is 0.661. The minimum absolute atomic E-state index is 0.205. The molecule has 8 heteroatoms. The van der Waals surface area contributed by atoms with Gasteiger partial charge in [-0.15, -0.1) is 0 Å². The first-order chi connectivity index (χ1) is 12.3. The van der Waals surface area contributed by atoms with Crippen molar-refractivity contribution < 1.29 is 26.8 Å². The van der Waals surface area contributed by atoms with Crippen molar-refractivity contribution in [3.05, 3.63) is 59.8 Å². The van der Waals surface area contributed by atoms with E-state index >= 15 is 0 Å². The van der Waals surface area contributed by atoms with Gasteiger partial charge >= 0.3 is 6.18 Å². The van der Waals surface area contributed by atoms with Gasteiger partial charge in [-0.25, -0.2) is 4.39 Å². The van der Waals surface area contributed by atoms with E-state index in [4.69, 9.17) is 4.42 Å². The second kappa shape index (κ2) is 8.84. The molecule has 2 aromatic rings. The van der Waals surface area contributed by atoms with Crippen LogP contribution in [0.25, 0.3) is 0 Å². The third-order valence-electron chi connectivity index (χ3n) is 3.75. The van der Waals surface area contributed by atoms with E-state index in [2.05, 4.69) is 0 Å². The lowest BCUT2D eigenvalue weighted by molar-refractivity contribution is -0.163. The number of rotatable bonds is 8. The maximum absolute atomic E-state index is 13.3. The Morgan fingerprint density at radius 1 is 1.15 bits per heavy atom. The summed E-state index contributed by atoms with van der Waals surface area (Å²) in [7, 11) is 0. The molecule has 0 unspecified atom stereocenters. The van der Waals surface area contributed by atoms with Crippen molar-refractivity contribution in [1.82, 2.24) is 9.80 Å². The van der Waals surface area contributed by atoms with E-state index in [0.29, 0.717) is 17.0 Å². The number of carbonyl (C=O) groups is 1. The van der Waals surface area contributed by atoms with Crippen LogP contribution < -0.4 is 0 Å². The lowest BCUT2D eigenvalue weighted by Gasteiger charge is -2.27. The van der Waals surface area contributed by atoms with Gasteiger partial charge in [-0.05, 0) is 36.4 Å². The minimum Gasteiger partial charge on any atom is -0.467 e. The van der Waals surface area contributed by atoms with E-state index in [1.54, 1.807) is 30.0 Å². The third kappa shape index (κ3) is 6.51. The molecule has 142 valence electrons. The molecule has 0 radical (unpaired) electrons. The van der Waals surface area contributed by atoms with E-state index < -0.39 is 24.4 Å². The molecule has 0 aliphatic rings. The Morgan fingerprint density at radius 3 is 2.50 bits per heavy atom. The highest BCUT2D eigenvalue weighted by atomic mass is 19.4. The summed E-state index contributed by atoms with van der Waals surface area (Å²) in [5.74, 6) is -0.797. The summed E-state index contributed by atoms with van der Waals surface area (Å²) in [6.07, 6.45) is -3.17. The maximum atomic E-state index is 13.3. The van der Waals surface area contributed by atoms with E-state index in [0.717, 1.165) is 0 Å². The van der Waals surface area contributed by atoms with Crippen LogP contribution in [0.3, 0.4) is 0 Å². The van der Waals surface area contributed by atoms with Crippen LogP contribution >= 0.6 is 0 Å². The molecule has 0 saturated carbocycles. The number of likely N-dealkylation sites (N-methyl/N-ethyl adjacent to an activating group) is 1. The van der Waals surface area contributed by atoms with Gasteiger partial charge in [-0.2, -0.15) is 13.2 Å². The molecule has 1 heterocycles.